The standard InChI is InChI=1S/C14H20N6O3/c1-5-18-12(6-7-15-18)9-17(4)14(21)11(3)19-10(2)13(8-16-19)20(22)23/h6-8,11H,5,9H2,1-4H3. The fourth-order valence-corrected chi connectivity index (χ4v) is 2.51. The number of likely N-dealkylation sites (N-methyl/N-ethyl adjacent to an activating group) is 1. The van der Waals surface area contributed by atoms with Crippen molar-refractivity contribution >= 4 is 11.6 Å². The summed E-state index contributed by atoms with van der Waals surface area (Å²) in [4.78, 5) is 24.5. The van der Waals surface area contributed by atoms with Gasteiger partial charge in [0.15, 0.2) is 0 Å². The molecule has 0 aromatic carbocycles. The summed E-state index contributed by atoms with van der Waals surface area (Å²) in [6.07, 6.45) is 2.87. The molecule has 1 atom stereocenters. The Labute approximate surface area is 133 Å². The largest absolute Gasteiger partial charge is 0.338 e. The van der Waals surface area contributed by atoms with E-state index in [1.165, 1.54) is 10.9 Å². The number of nitro groups is 1. The summed E-state index contributed by atoms with van der Waals surface area (Å²) in [7, 11) is 1.69. The van der Waals surface area contributed by atoms with Crippen molar-refractivity contribution in [2.24, 2.45) is 0 Å². The van der Waals surface area contributed by atoms with E-state index in [4.69, 9.17) is 0 Å². The van der Waals surface area contributed by atoms with Gasteiger partial charge >= 0.3 is 5.69 Å². The molecule has 0 spiro atoms. The summed E-state index contributed by atoms with van der Waals surface area (Å²) in [6, 6.07) is 1.24. The minimum absolute atomic E-state index is 0.0867. The van der Waals surface area contributed by atoms with Gasteiger partial charge in [-0.05, 0) is 26.8 Å². The molecule has 2 heterocycles. The van der Waals surface area contributed by atoms with Gasteiger partial charge < -0.3 is 4.90 Å². The fourth-order valence-electron chi connectivity index (χ4n) is 2.51. The maximum atomic E-state index is 12.6. The molecule has 0 N–H and O–H groups in total. The first-order valence-corrected chi connectivity index (χ1v) is 7.31. The molecule has 0 bridgehead atoms. The molecule has 0 aliphatic carbocycles. The van der Waals surface area contributed by atoms with E-state index in [-0.39, 0.29) is 11.6 Å². The van der Waals surface area contributed by atoms with Gasteiger partial charge in [-0.15, -0.1) is 0 Å². The molecular weight excluding hydrogens is 300 g/mol. The normalized spacial score (nSPS) is 12.2. The Morgan fingerprint density at radius 2 is 2.17 bits per heavy atom. The molecule has 2 rings (SSSR count). The Balaban J connectivity index is 2.14. The summed E-state index contributed by atoms with van der Waals surface area (Å²) in [5.41, 5.74) is 1.21. The third-order valence-electron chi connectivity index (χ3n) is 3.82. The lowest BCUT2D eigenvalue weighted by atomic mass is 10.2. The average Bonchev–Trinajstić information content (AvgIpc) is 3.11. The van der Waals surface area contributed by atoms with Crippen molar-refractivity contribution < 1.29 is 9.72 Å². The number of rotatable bonds is 6. The van der Waals surface area contributed by atoms with Gasteiger partial charge in [0, 0.05) is 19.8 Å². The predicted octanol–water partition coefficient (Wildman–Crippen LogP) is 1.54. The summed E-state index contributed by atoms with van der Waals surface area (Å²) < 4.78 is 3.20. The molecule has 0 aliphatic heterocycles. The molecule has 0 aliphatic rings. The molecule has 124 valence electrons. The number of aryl methyl sites for hydroxylation is 1. The smallest absolute Gasteiger partial charge is 0.309 e. The lowest BCUT2D eigenvalue weighted by Crippen LogP contribution is -2.34. The third kappa shape index (κ3) is 3.22. The van der Waals surface area contributed by atoms with Crippen molar-refractivity contribution in [2.75, 3.05) is 7.05 Å². The number of nitrogens with zero attached hydrogens (tertiary/aromatic N) is 6. The Morgan fingerprint density at radius 3 is 2.74 bits per heavy atom. The van der Waals surface area contributed by atoms with Crippen LogP contribution in [0.1, 0.15) is 31.3 Å². The van der Waals surface area contributed by atoms with E-state index in [2.05, 4.69) is 10.2 Å². The number of carbonyl (C=O) groups excluding carboxylic acids is 1. The first kappa shape index (κ1) is 16.7. The number of amides is 1. The zero-order chi connectivity index (χ0) is 17.1. The van der Waals surface area contributed by atoms with E-state index in [0.29, 0.717) is 12.2 Å². The molecule has 0 saturated heterocycles. The summed E-state index contributed by atoms with van der Waals surface area (Å²) in [5, 5.41) is 19.0. The monoisotopic (exact) mass is 320 g/mol. The molecule has 23 heavy (non-hydrogen) atoms. The Morgan fingerprint density at radius 1 is 1.48 bits per heavy atom. The van der Waals surface area contributed by atoms with Crippen molar-refractivity contribution in [3.63, 3.8) is 0 Å². The van der Waals surface area contributed by atoms with Gasteiger partial charge in [-0.2, -0.15) is 10.2 Å². The molecule has 9 heteroatoms. The van der Waals surface area contributed by atoms with Crippen molar-refractivity contribution in [2.45, 2.75) is 39.9 Å². The second kappa shape index (κ2) is 6.59. The van der Waals surface area contributed by atoms with E-state index in [0.717, 1.165) is 12.2 Å². The molecule has 2 aromatic rings. The Hall–Kier alpha value is -2.71. The van der Waals surface area contributed by atoms with Gasteiger partial charge in [0.2, 0.25) is 5.91 Å². The van der Waals surface area contributed by atoms with E-state index >= 15 is 0 Å². The molecule has 0 saturated carbocycles. The highest BCUT2D eigenvalue weighted by Crippen LogP contribution is 2.21. The van der Waals surface area contributed by atoms with Crippen molar-refractivity contribution in [3.05, 3.63) is 40.0 Å². The topological polar surface area (TPSA) is 99.1 Å². The molecule has 2 aromatic heterocycles. The van der Waals surface area contributed by atoms with Crippen LogP contribution in [0.3, 0.4) is 0 Å². The molecular formula is C14H20N6O3. The summed E-state index contributed by atoms with van der Waals surface area (Å²) in [5.74, 6) is -0.171. The minimum atomic E-state index is -0.619. The first-order valence-electron chi connectivity index (χ1n) is 7.31. The second-order valence-corrected chi connectivity index (χ2v) is 5.33. The van der Waals surface area contributed by atoms with Gasteiger partial charge in [-0.3, -0.25) is 24.3 Å². The highest BCUT2D eigenvalue weighted by Gasteiger charge is 2.26. The zero-order valence-electron chi connectivity index (χ0n) is 13.6. The molecule has 9 nitrogen and oxygen atoms in total. The van der Waals surface area contributed by atoms with E-state index in [9.17, 15) is 14.9 Å². The van der Waals surface area contributed by atoms with Crippen molar-refractivity contribution in [3.8, 4) is 0 Å². The Kier molecular flexibility index (Phi) is 4.77. The lowest BCUT2D eigenvalue weighted by Gasteiger charge is -2.22. The van der Waals surface area contributed by atoms with Crippen LogP contribution in [-0.2, 0) is 17.9 Å². The van der Waals surface area contributed by atoms with Crippen LogP contribution in [0.25, 0.3) is 0 Å². The molecule has 1 amide bonds. The summed E-state index contributed by atoms with van der Waals surface area (Å²) in [6.45, 7) is 6.39. The van der Waals surface area contributed by atoms with Crippen LogP contribution in [0.15, 0.2) is 18.5 Å². The van der Waals surface area contributed by atoms with Gasteiger partial charge in [0.05, 0.1) is 17.2 Å². The number of hydrogen-bond donors (Lipinski definition) is 0. The average molecular weight is 320 g/mol. The minimum Gasteiger partial charge on any atom is -0.338 e. The maximum absolute atomic E-state index is 12.6. The van der Waals surface area contributed by atoms with Gasteiger partial charge in [-0.25, -0.2) is 0 Å². The van der Waals surface area contributed by atoms with Gasteiger partial charge in [0.25, 0.3) is 0 Å². The zero-order valence-corrected chi connectivity index (χ0v) is 13.6. The number of hydrogen-bond acceptors (Lipinski definition) is 5. The third-order valence-corrected chi connectivity index (χ3v) is 3.82. The van der Waals surface area contributed by atoms with E-state index < -0.39 is 11.0 Å². The second-order valence-electron chi connectivity index (χ2n) is 5.33. The van der Waals surface area contributed by atoms with Crippen LogP contribution < -0.4 is 0 Å². The van der Waals surface area contributed by atoms with Gasteiger partial charge in [0.1, 0.15) is 17.9 Å². The van der Waals surface area contributed by atoms with Crippen LogP contribution in [0.5, 0.6) is 0 Å². The van der Waals surface area contributed by atoms with Crippen LogP contribution in [0.4, 0.5) is 5.69 Å². The molecule has 1 unspecified atom stereocenters. The highest BCUT2D eigenvalue weighted by atomic mass is 16.6. The predicted molar refractivity (Wildman–Crippen MR) is 82.7 cm³/mol. The molecule has 0 fully saturated rings. The Bertz CT molecular complexity index is 720. The number of aromatic nitrogens is 4. The van der Waals surface area contributed by atoms with Gasteiger partial charge in [-0.1, -0.05) is 0 Å². The first-order chi connectivity index (χ1) is 10.9. The van der Waals surface area contributed by atoms with E-state index in [1.807, 2.05) is 17.7 Å². The van der Waals surface area contributed by atoms with Crippen LogP contribution >= 0.6 is 0 Å². The summed E-state index contributed by atoms with van der Waals surface area (Å²) >= 11 is 0. The fraction of sp³-hybridized carbons (Fsp3) is 0.500. The maximum Gasteiger partial charge on any atom is 0.309 e. The van der Waals surface area contributed by atoms with Crippen molar-refractivity contribution in [1.29, 1.82) is 0 Å². The van der Waals surface area contributed by atoms with E-state index in [1.54, 1.807) is 32.0 Å². The number of carbonyl (C=O) groups is 1. The molecule has 0 radical (unpaired) electrons. The van der Waals surface area contributed by atoms with Crippen LogP contribution in [0.2, 0.25) is 0 Å². The lowest BCUT2D eigenvalue weighted by molar-refractivity contribution is -0.385. The SMILES string of the molecule is CCn1nccc1CN(C)C(=O)C(C)n1ncc([N+](=O)[O-])c1C. The highest BCUT2D eigenvalue weighted by molar-refractivity contribution is 5.79. The van der Waals surface area contributed by atoms with Crippen molar-refractivity contribution in [1.82, 2.24) is 24.5 Å². The quantitative estimate of drug-likeness (QED) is 0.594. The van der Waals surface area contributed by atoms with Crippen LogP contribution in [-0.4, -0.2) is 42.3 Å². The van der Waals surface area contributed by atoms with Crippen LogP contribution in [0, 0.1) is 17.0 Å².